The molecule has 1 aliphatic rings. The molecule has 1 saturated carbocycles. The second-order valence-electron chi connectivity index (χ2n) is 2.74. The third-order valence-electron chi connectivity index (χ3n) is 1.82. The number of carbonyl (C=O) groups excluding carboxylic acids is 1. The Bertz CT molecular complexity index is 154. The Balaban J connectivity index is 2.53. The molecule has 0 spiro atoms. The van der Waals surface area contributed by atoms with Crippen LogP contribution in [0.1, 0.15) is 19.8 Å². The van der Waals surface area contributed by atoms with Crippen LogP contribution in [-0.4, -0.2) is 10.9 Å². The van der Waals surface area contributed by atoms with E-state index in [4.69, 9.17) is 5.11 Å². The normalized spacial score (nSPS) is 22.3. The average Bonchev–Trinajstić information content (AvgIpc) is 2.50. The second-order valence-corrected chi connectivity index (χ2v) is 2.74. The molecule has 0 aromatic carbocycles. The zero-order valence-electron chi connectivity index (χ0n) is 5.42. The van der Waals surface area contributed by atoms with Crippen molar-refractivity contribution in [3.05, 3.63) is 12.3 Å². The van der Waals surface area contributed by atoms with Crippen LogP contribution in [0.3, 0.4) is 0 Å². The summed E-state index contributed by atoms with van der Waals surface area (Å²) in [5.41, 5.74) is -0.126. The highest BCUT2D eigenvalue weighted by atomic mass is 16.2. The van der Waals surface area contributed by atoms with Crippen molar-refractivity contribution in [3.63, 3.8) is 0 Å². The molecular weight excluding hydrogens is 116 g/mol. The minimum absolute atomic E-state index is 0.0463. The minimum Gasteiger partial charge on any atom is -0.515 e. The number of aliphatic hydroxyl groups is 1. The van der Waals surface area contributed by atoms with Crippen molar-refractivity contribution < 1.29 is 9.90 Å². The fourth-order valence-corrected chi connectivity index (χ4v) is 0.703. The first-order valence-corrected chi connectivity index (χ1v) is 3.04. The van der Waals surface area contributed by atoms with E-state index in [-0.39, 0.29) is 11.2 Å². The topological polar surface area (TPSA) is 37.3 Å². The molecule has 2 heteroatoms. The lowest BCUT2D eigenvalue weighted by Gasteiger charge is -1.98. The quantitative estimate of drug-likeness (QED) is 0.449. The van der Waals surface area contributed by atoms with Gasteiger partial charge in [0.05, 0.1) is 6.26 Å². The number of hydrogen-bond donors (Lipinski definition) is 1. The van der Waals surface area contributed by atoms with Crippen LogP contribution in [0, 0.1) is 5.41 Å². The maximum absolute atomic E-state index is 10.9. The van der Waals surface area contributed by atoms with Crippen molar-refractivity contribution in [1.82, 2.24) is 0 Å². The van der Waals surface area contributed by atoms with Crippen LogP contribution in [0.15, 0.2) is 12.3 Å². The fourth-order valence-electron chi connectivity index (χ4n) is 0.703. The van der Waals surface area contributed by atoms with Crippen LogP contribution < -0.4 is 0 Å². The third kappa shape index (κ3) is 1.12. The Kier molecular flexibility index (Phi) is 1.31. The SMILES string of the molecule is CC1(C(=O)C=CO)CC1. The first kappa shape index (κ1) is 6.33. The van der Waals surface area contributed by atoms with Crippen LogP contribution in [0.2, 0.25) is 0 Å². The van der Waals surface area contributed by atoms with Crippen LogP contribution >= 0.6 is 0 Å². The highest BCUT2D eigenvalue weighted by molar-refractivity contribution is 5.96. The van der Waals surface area contributed by atoms with E-state index in [9.17, 15) is 4.79 Å². The molecule has 0 aliphatic heterocycles. The summed E-state index contributed by atoms with van der Waals surface area (Å²) < 4.78 is 0. The number of carbonyl (C=O) groups is 1. The zero-order chi connectivity index (χ0) is 6.91. The van der Waals surface area contributed by atoms with Crippen LogP contribution in [0.5, 0.6) is 0 Å². The predicted octanol–water partition coefficient (Wildman–Crippen LogP) is 1.43. The van der Waals surface area contributed by atoms with Gasteiger partial charge in [0.2, 0.25) is 0 Å². The molecule has 2 nitrogen and oxygen atoms in total. The van der Waals surface area contributed by atoms with E-state index in [1.807, 2.05) is 6.92 Å². The van der Waals surface area contributed by atoms with Gasteiger partial charge in [-0.15, -0.1) is 0 Å². The summed E-state index contributed by atoms with van der Waals surface area (Å²) in [6, 6.07) is 0. The van der Waals surface area contributed by atoms with Crippen molar-refractivity contribution in [2.45, 2.75) is 19.8 Å². The van der Waals surface area contributed by atoms with Gasteiger partial charge in [0.25, 0.3) is 0 Å². The van der Waals surface area contributed by atoms with Gasteiger partial charge in [0.15, 0.2) is 5.78 Å². The van der Waals surface area contributed by atoms with Crippen molar-refractivity contribution >= 4 is 5.78 Å². The summed E-state index contributed by atoms with van der Waals surface area (Å²) in [5, 5.41) is 8.23. The first-order chi connectivity index (χ1) is 4.19. The fraction of sp³-hybridized carbons (Fsp3) is 0.571. The summed E-state index contributed by atoms with van der Waals surface area (Å²) in [5.74, 6) is 0.0463. The maximum atomic E-state index is 10.9. The van der Waals surface area contributed by atoms with Gasteiger partial charge < -0.3 is 5.11 Å². The Morgan fingerprint density at radius 3 is 2.56 bits per heavy atom. The van der Waals surface area contributed by atoms with Gasteiger partial charge in [0.1, 0.15) is 0 Å². The molecule has 0 bridgehead atoms. The average molecular weight is 126 g/mol. The highest BCUT2D eigenvalue weighted by Crippen LogP contribution is 2.45. The van der Waals surface area contributed by atoms with E-state index in [1.54, 1.807) is 0 Å². The lowest BCUT2D eigenvalue weighted by Crippen LogP contribution is -2.07. The molecule has 0 saturated heterocycles. The summed E-state index contributed by atoms with van der Waals surface area (Å²) >= 11 is 0. The number of aliphatic hydroxyl groups excluding tert-OH is 1. The highest BCUT2D eigenvalue weighted by Gasteiger charge is 2.43. The number of allylic oxidation sites excluding steroid dienone is 1. The van der Waals surface area contributed by atoms with Gasteiger partial charge in [-0.25, -0.2) is 0 Å². The Hall–Kier alpha value is -0.790. The van der Waals surface area contributed by atoms with E-state index in [1.165, 1.54) is 6.08 Å². The number of hydrogen-bond acceptors (Lipinski definition) is 2. The van der Waals surface area contributed by atoms with Crippen LogP contribution in [0.4, 0.5) is 0 Å². The minimum atomic E-state index is -0.126. The monoisotopic (exact) mass is 126 g/mol. The molecule has 9 heavy (non-hydrogen) atoms. The van der Waals surface area contributed by atoms with Gasteiger partial charge in [-0.2, -0.15) is 0 Å². The molecule has 50 valence electrons. The summed E-state index contributed by atoms with van der Waals surface area (Å²) in [4.78, 5) is 10.9. The molecule has 1 fully saturated rings. The van der Waals surface area contributed by atoms with Crippen LogP contribution in [0.25, 0.3) is 0 Å². The number of ketones is 1. The standard InChI is InChI=1S/C7H10O2/c1-7(3-4-7)6(9)2-5-8/h2,5,8H,3-4H2,1H3. The van der Waals surface area contributed by atoms with Crippen molar-refractivity contribution in [2.75, 3.05) is 0 Å². The summed E-state index contributed by atoms with van der Waals surface area (Å²) in [6.45, 7) is 1.91. The molecule has 1 rings (SSSR count). The van der Waals surface area contributed by atoms with E-state index in [0.717, 1.165) is 19.1 Å². The van der Waals surface area contributed by atoms with Gasteiger partial charge in [-0.1, -0.05) is 6.92 Å². The Morgan fingerprint density at radius 2 is 2.22 bits per heavy atom. The molecule has 0 amide bonds. The third-order valence-corrected chi connectivity index (χ3v) is 1.82. The lowest BCUT2D eigenvalue weighted by molar-refractivity contribution is -0.118. The summed E-state index contributed by atoms with van der Waals surface area (Å²) in [7, 11) is 0. The summed E-state index contributed by atoms with van der Waals surface area (Å²) in [6.07, 6.45) is 3.98. The van der Waals surface area contributed by atoms with Gasteiger partial charge in [-0.3, -0.25) is 4.79 Å². The van der Waals surface area contributed by atoms with E-state index in [0.29, 0.717) is 0 Å². The smallest absolute Gasteiger partial charge is 0.164 e. The van der Waals surface area contributed by atoms with Gasteiger partial charge in [-0.05, 0) is 12.8 Å². The molecule has 0 unspecified atom stereocenters. The van der Waals surface area contributed by atoms with E-state index in [2.05, 4.69) is 0 Å². The molecule has 1 aliphatic carbocycles. The molecule has 0 atom stereocenters. The second kappa shape index (κ2) is 1.87. The first-order valence-electron chi connectivity index (χ1n) is 3.04. The largest absolute Gasteiger partial charge is 0.515 e. The molecule has 0 aromatic rings. The molecule has 0 aromatic heterocycles. The van der Waals surface area contributed by atoms with Gasteiger partial charge >= 0.3 is 0 Å². The van der Waals surface area contributed by atoms with E-state index < -0.39 is 0 Å². The lowest BCUT2D eigenvalue weighted by atomic mass is 10.0. The van der Waals surface area contributed by atoms with Crippen molar-refractivity contribution in [3.8, 4) is 0 Å². The molecule has 0 heterocycles. The van der Waals surface area contributed by atoms with Gasteiger partial charge in [0, 0.05) is 11.5 Å². The maximum Gasteiger partial charge on any atom is 0.164 e. The van der Waals surface area contributed by atoms with E-state index >= 15 is 0 Å². The Morgan fingerprint density at radius 1 is 1.67 bits per heavy atom. The van der Waals surface area contributed by atoms with Crippen molar-refractivity contribution in [2.24, 2.45) is 5.41 Å². The molecule has 1 N–H and O–H groups in total. The van der Waals surface area contributed by atoms with Crippen molar-refractivity contribution in [1.29, 1.82) is 0 Å². The van der Waals surface area contributed by atoms with Crippen LogP contribution in [-0.2, 0) is 4.79 Å². The molecule has 0 radical (unpaired) electrons. The Labute approximate surface area is 54.2 Å². The molecular formula is C7H10O2. The predicted molar refractivity (Wildman–Crippen MR) is 34.1 cm³/mol. The zero-order valence-corrected chi connectivity index (χ0v) is 5.42. The number of rotatable bonds is 2.